The van der Waals surface area contributed by atoms with Gasteiger partial charge in [0.1, 0.15) is 0 Å². The normalized spacial score (nSPS) is 15.5. The van der Waals surface area contributed by atoms with Crippen molar-refractivity contribution in [1.82, 2.24) is 5.32 Å². The fourth-order valence-electron chi connectivity index (χ4n) is 2.36. The molecule has 11 heteroatoms. The number of amides is 3. The predicted octanol–water partition coefficient (Wildman–Crippen LogP) is 3.12. The van der Waals surface area contributed by atoms with Crippen molar-refractivity contribution >= 4 is 52.6 Å². The van der Waals surface area contributed by atoms with Gasteiger partial charge in [0.15, 0.2) is 11.6 Å². The molecule has 29 heavy (non-hydrogen) atoms. The van der Waals surface area contributed by atoms with E-state index in [0.717, 1.165) is 5.01 Å². The van der Waals surface area contributed by atoms with Gasteiger partial charge in [0.05, 0.1) is 21.4 Å². The molecule has 1 unspecified atom stereocenters. The van der Waals surface area contributed by atoms with Crippen LogP contribution in [0.25, 0.3) is 0 Å². The summed E-state index contributed by atoms with van der Waals surface area (Å²) >= 11 is 12.5. The van der Waals surface area contributed by atoms with Crippen molar-refractivity contribution < 1.29 is 14.3 Å². The number of ether oxygens (including phenoxy) is 1. The van der Waals surface area contributed by atoms with E-state index in [9.17, 15) is 9.59 Å². The third kappa shape index (κ3) is 5.07. The molecule has 2 rings (SSSR count). The molecule has 0 bridgehead atoms. The first-order valence-corrected chi connectivity index (χ1v) is 9.22. The molecule has 0 aromatic heterocycles. The van der Waals surface area contributed by atoms with Gasteiger partial charge in [0, 0.05) is 11.6 Å². The number of primary amides is 1. The van der Waals surface area contributed by atoms with Crippen LogP contribution in [0.2, 0.25) is 10.0 Å². The summed E-state index contributed by atoms with van der Waals surface area (Å²) in [6.07, 6.45) is 1.89. The number of benzene rings is 1. The lowest BCUT2D eigenvalue weighted by molar-refractivity contribution is -0.115. The number of amidine groups is 1. The highest BCUT2D eigenvalue weighted by atomic mass is 35.5. The average molecular weight is 439 g/mol. The second-order valence-corrected chi connectivity index (χ2v) is 7.00. The molecule has 1 aliphatic rings. The summed E-state index contributed by atoms with van der Waals surface area (Å²) in [6.45, 7) is 7.26. The number of hydrogen-bond acceptors (Lipinski definition) is 6. The Morgan fingerprint density at radius 1 is 1.45 bits per heavy atom. The van der Waals surface area contributed by atoms with Gasteiger partial charge in [-0.15, -0.1) is 5.10 Å². The van der Waals surface area contributed by atoms with Gasteiger partial charge in [-0.3, -0.25) is 10.2 Å². The number of nitrogens with zero attached hydrogens (tertiary/aromatic N) is 2. The van der Waals surface area contributed by atoms with E-state index < -0.39 is 11.9 Å². The van der Waals surface area contributed by atoms with E-state index in [-0.39, 0.29) is 50.4 Å². The van der Waals surface area contributed by atoms with Gasteiger partial charge in [-0.1, -0.05) is 43.6 Å². The summed E-state index contributed by atoms with van der Waals surface area (Å²) in [6, 6.07) is 2.14. The number of carbonyl (C=O) groups excluding carboxylic acids is 2. The van der Waals surface area contributed by atoms with Gasteiger partial charge in [-0.05, 0) is 24.5 Å². The summed E-state index contributed by atoms with van der Waals surface area (Å²) < 4.78 is 5.40. The number of carbonyl (C=O) groups is 2. The van der Waals surface area contributed by atoms with Crippen LogP contribution in [-0.2, 0) is 4.79 Å². The maximum atomic E-state index is 12.1. The molecule has 3 amide bonds. The molecule has 0 fully saturated rings. The van der Waals surface area contributed by atoms with Crippen LogP contribution in [0.3, 0.4) is 0 Å². The molecule has 1 aromatic rings. The van der Waals surface area contributed by atoms with Crippen LogP contribution in [0.4, 0.5) is 10.5 Å². The second kappa shape index (κ2) is 8.97. The Kier molecular flexibility index (Phi) is 6.89. The minimum absolute atomic E-state index is 0.0146. The highest BCUT2D eigenvalue weighted by molar-refractivity contribution is 6.38. The minimum Gasteiger partial charge on any atom is -0.436 e. The van der Waals surface area contributed by atoms with Gasteiger partial charge in [0.2, 0.25) is 11.8 Å². The van der Waals surface area contributed by atoms with E-state index in [1.165, 1.54) is 18.2 Å². The summed E-state index contributed by atoms with van der Waals surface area (Å²) in [5.74, 6) is -1.17. The highest BCUT2D eigenvalue weighted by Crippen LogP contribution is 2.38. The number of anilines is 1. The Hall–Kier alpha value is -3.04. The minimum atomic E-state index is -0.645. The molecule has 9 nitrogen and oxygen atoms in total. The van der Waals surface area contributed by atoms with E-state index in [1.54, 1.807) is 0 Å². The monoisotopic (exact) mass is 438 g/mol. The van der Waals surface area contributed by atoms with Crippen molar-refractivity contribution in [3.05, 3.63) is 46.1 Å². The Morgan fingerprint density at radius 3 is 2.55 bits per heavy atom. The third-order valence-electron chi connectivity index (χ3n) is 4.12. The largest absolute Gasteiger partial charge is 0.436 e. The van der Waals surface area contributed by atoms with Gasteiger partial charge >= 0.3 is 6.03 Å². The lowest BCUT2D eigenvalue weighted by Gasteiger charge is -2.24. The van der Waals surface area contributed by atoms with Gasteiger partial charge < -0.3 is 21.5 Å². The SMILES string of the molecule is C=C1NC(=O)N(c2cc(Cl)c(OC(=N)/C=C(\C(N)=O)C(C)CC)c(Cl)c2)N=C1N. The number of halogens is 2. The first kappa shape index (κ1) is 22.3. The van der Waals surface area contributed by atoms with Crippen LogP contribution in [0.15, 0.2) is 41.2 Å². The smallest absolute Gasteiger partial charge is 0.347 e. The fourth-order valence-corrected chi connectivity index (χ4v) is 2.91. The van der Waals surface area contributed by atoms with E-state index in [1.807, 2.05) is 13.8 Å². The van der Waals surface area contributed by atoms with Crippen molar-refractivity contribution in [3.63, 3.8) is 0 Å². The molecule has 1 atom stereocenters. The zero-order chi connectivity index (χ0) is 21.9. The van der Waals surface area contributed by atoms with Crippen LogP contribution < -0.4 is 26.5 Å². The maximum Gasteiger partial charge on any atom is 0.347 e. The molecule has 0 radical (unpaired) electrons. The lowest BCUT2D eigenvalue weighted by atomic mass is 9.97. The highest BCUT2D eigenvalue weighted by Gasteiger charge is 2.25. The van der Waals surface area contributed by atoms with Crippen LogP contribution in [0.1, 0.15) is 20.3 Å². The summed E-state index contributed by atoms with van der Waals surface area (Å²) in [5.41, 5.74) is 11.7. The number of hydrazone groups is 1. The second-order valence-electron chi connectivity index (χ2n) is 6.18. The van der Waals surface area contributed by atoms with Crippen molar-refractivity contribution in [3.8, 4) is 5.75 Å². The van der Waals surface area contributed by atoms with Crippen molar-refractivity contribution in [2.45, 2.75) is 20.3 Å². The van der Waals surface area contributed by atoms with Crippen LogP contribution in [0, 0.1) is 11.3 Å². The molecular weight excluding hydrogens is 419 g/mol. The summed E-state index contributed by atoms with van der Waals surface area (Å²) in [7, 11) is 0. The third-order valence-corrected chi connectivity index (χ3v) is 4.68. The fraction of sp³-hybridized carbons (Fsp3) is 0.222. The number of nitrogens with one attached hydrogen (secondary N) is 2. The predicted molar refractivity (Wildman–Crippen MR) is 113 cm³/mol. The van der Waals surface area contributed by atoms with E-state index in [4.69, 9.17) is 44.8 Å². The summed E-state index contributed by atoms with van der Waals surface area (Å²) in [5, 5.41) is 15.4. The standard InChI is InChI=1S/C18H20Cl2N6O3/c1-4-8(2)11(17(23)27)7-14(21)29-15-12(19)5-10(6-13(15)20)26-18(28)24-9(3)16(22)25-26/h5-8,21H,3-4H2,1-2H3,(H2,22,25)(H2,23,27)(H,24,28)/b11-7-,21-14?. The molecule has 6 N–H and O–H groups in total. The molecule has 1 aliphatic heterocycles. The molecular formula is C18H20Cl2N6O3. The molecule has 154 valence electrons. The number of hydrogen-bond donors (Lipinski definition) is 4. The number of rotatable bonds is 6. The summed E-state index contributed by atoms with van der Waals surface area (Å²) in [4.78, 5) is 23.7. The van der Waals surface area contributed by atoms with Crippen molar-refractivity contribution in [2.75, 3.05) is 5.01 Å². The van der Waals surface area contributed by atoms with Gasteiger partial charge in [0.25, 0.3) is 0 Å². The van der Waals surface area contributed by atoms with Gasteiger partial charge in [-0.2, -0.15) is 5.01 Å². The zero-order valence-electron chi connectivity index (χ0n) is 15.8. The van der Waals surface area contributed by atoms with Gasteiger partial charge in [-0.25, -0.2) is 4.79 Å². The van der Waals surface area contributed by atoms with E-state index in [2.05, 4.69) is 17.0 Å². The lowest BCUT2D eigenvalue weighted by Crippen LogP contribution is -2.45. The first-order chi connectivity index (χ1) is 13.5. The Balaban J connectivity index is 2.33. The van der Waals surface area contributed by atoms with E-state index >= 15 is 0 Å². The Labute approximate surface area is 177 Å². The topological polar surface area (TPSA) is 147 Å². The molecule has 0 saturated heterocycles. The number of urea groups is 1. The zero-order valence-corrected chi connectivity index (χ0v) is 17.3. The van der Waals surface area contributed by atoms with Crippen LogP contribution >= 0.6 is 23.2 Å². The maximum absolute atomic E-state index is 12.1. The van der Waals surface area contributed by atoms with E-state index in [0.29, 0.717) is 6.42 Å². The quantitative estimate of drug-likeness (QED) is 0.306. The number of nitrogens with two attached hydrogens (primary N) is 2. The van der Waals surface area contributed by atoms with Crippen LogP contribution in [0.5, 0.6) is 5.75 Å². The molecule has 0 saturated carbocycles. The van der Waals surface area contributed by atoms with Crippen molar-refractivity contribution in [1.29, 1.82) is 5.41 Å². The molecule has 0 spiro atoms. The van der Waals surface area contributed by atoms with Crippen LogP contribution in [-0.4, -0.2) is 23.7 Å². The average Bonchev–Trinajstić information content (AvgIpc) is 2.64. The van der Waals surface area contributed by atoms with Crippen molar-refractivity contribution in [2.24, 2.45) is 22.5 Å². The Bertz CT molecular complexity index is 934. The molecule has 0 aliphatic carbocycles. The molecule has 1 heterocycles. The molecule has 1 aromatic carbocycles. The first-order valence-electron chi connectivity index (χ1n) is 8.46. The Morgan fingerprint density at radius 2 is 2.03 bits per heavy atom.